The van der Waals surface area contributed by atoms with Crippen LogP contribution in [0.2, 0.25) is 0 Å². The first-order valence-electron chi connectivity index (χ1n) is 5.63. The molecule has 1 fully saturated rings. The van der Waals surface area contributed by atoms with Gasteiger partial charge in [0, 0.05) is 12.6 Å². The zero-order valence-electron chi connectivity index (χ0n) is 9.52. The maximum absolute atomic E-state index is 14.5. The molecule has 0 saturated carbocycles. The number of nitrogens with one attached hydrogen (secondary N) is 1. The van der Waals surface area contributed by atoms with Crippen molar-refractivity contribution in [2.45, 2.75) is 45.3 Å². The highest BCUT2D eigenvalue weighted by atomic mass is 19.1. The molecule has 3 N–H and O–H groups in total. The molecule has 0 aromatic carbocycles. The molecule has 1 aliphatic heterocycles. The van der Waals surface area contributed by atoms with E-state index in [-0.39, 0.29) is 18.5 Å². The Kier molecular flexibility index (Phi) is 3.90. The average molecular weight is 202 g/mol. The number of piperidine rings is 1. The van der Waals surface area contributed by atoms with Crippen LogP contribution < -0.4 is 11.1 Å². The Balaban J connectivity index is 2.68. The third-order valence-electron chi connectivity index (χ3n) is 3.52. The first kappa shape index (κ1) is 11.9. The van der Waals surface area contributed by atoms with E-state index in [4.69, 9.17) is 5.73 Å². The summed E-state index contributed by atoms with van der Waals surface area (Å²) < 4.78 is 14.5. The van der Waals surface area contributed by atoms with Crippen molar-refractivity contribution in [2.75, 3.05) is 13.1 Å². The molecule has 0 aromatic rings. The molecule has 2 nitrogen and oxygen atoms in total. The van der Waals surface area contributed by atoms with Crippen LogP contribution in [0.1, 0.15) is 33.6 Å². The predicted molar refractivity (Wildman–Crippen MR) is 57.9 cm³/mol. The highest BCUT2D eigenvalue weighted by Gasteiger charge is 2.42. The van der Waals surface area contributed by atoms with Gasteiger partial charge in [-0.1, -0.05) is 20.8 Å². The fourth-order valence-electron chi connectivity index (χ4n) is 2.25. The van der Waals surface area contributed by atoms with E-state index in [0.29, 0.717) is 5.92 Å². The second-order valence-electron chi connectivity index (χ2n) is 4.92. The van der Waals surface area contributed by atoms with Gasteiger partial charge in [0.1, 0.15) is 5.67 Å². The van der Waals surface area contributed by atoms with Gasteiger partial charge in [-0.05, 0) is 31.2 Å². The van der Waals surface area contributed by atoms with Crippen LogP contribution in [0.4, 0.5) is 4.39 Å². The molecule has 84 valence electrons. The first-order chi connectivity index (χ1) is 6.50. The largest absolute Gasteiger partial charge is 0.327 e. The maximum atomic E-state index is 14.5. The summed E-state index contributed by atoms with van der Waals surface area (Å²) in [5, 5.41) is 3.27. The lowest BCUT2D eigenvalue weighted by Gasteiger charge is -2.40. The number of hydrogen-bond acceptors (Lipinski definition) is 2. The van der Waals surface area contributed by atoms with Gasteiger partial charge in [0.25, 0.3) is 0 Å². The summed E-state index contributed by atoms with van der Waals surface area (Å²) in [4.78, 5) is 0. The third-order valence-corrected chi connectivity index (χ3v) is 3.52. The van der Waals surface area contributed by atoms with Gasteiger partial charge in [0.15, 0.2) is 0 Å². The summed E-state index contributed by atoms with van der Waals surface area (Å²) >= 11 is 0. The van der Waals surface area contributed by atoms with Gasteiger partial charge >= 0.3 is 0 Å². The van der Waals surface area contributed by atoms with Gasteiger partial charge in [-0.25, -0.2) is 4.39 Å². The zero-order chi connectivity index (χ0) is 10.8. The van der Waals surface area contributed by atoms with Gasteiger partial charge in [-0.3, -0.25) is 0 Å². The molecular weight excluding hydrogens is 179 g/mol. The van der Waals surface area contributed by atoms with Crippen LogP contribution >= 0.6 is 0 Å². The summed E-state index contributed by atoms with van der Waals surface area (Å²) in [5.74, 6) is 0.594. The summed E-state index contributed by atoms with van der Waals surface area (Å²) in [7, 11) is 0. The van der Waals surface area contributed by atoms with Crippen LogP contribution in [0.15, 0.2) is 0 Å². The molecule has 3 atom stereocenters. The Morgan fingerprint density at radius 3 is 2.64 bits per heavy atom. The second-order valence-corrected chi connectivity index (χ2v) is 4.92. The normalized spacial score (nSPS) is 33.0. The van der Waals surface area contributed by atoms with Crippen molar-refractivity contribution in [3.05, 3.63) is 0 Å². The Bertz CT molecular complexity index is 184. The highest BCUT2D eigenvalue weighted by molar-refractivity contribution is 4.97. The lowest BCUT2D eigenvalue weighted by atomic mass is 9.78. The molecule has 0 spiro atoms. The monoisotopic (exact) mass is 202 g/mol. The van der Waals surface area contributed by atoms with Crippen molar-refractivity contribution in [2.24, 2.45) is 17.6 Å². The highest BCUT2D eigenvalue weighted by Crippen LogP contribution is 2.31. The van der Waals surface area contributed by atoms with Crippen molar-refractivity contribution in [3.8, 4) is 0 Å². The topological polar surface area (TPSA) is 38.0 Å². The van der Waals surface area contributed by atoms with Crippen molar-refractivity contribution >= 4 is 0 Å². The SMILES string of the molecule is CC1CCNC(C(F)(CN)C(C)C)C1. The van der Waals surface area contributed by atoms with Crippen LogP contribution in [0.5, 0.6) is 0 Å². The van der Waals surface area contributed by atoms with Gasteiger partial charge < -0.3 is 11.1 Å². The quantitative estimate of drug-likeness (QED) is 0.731. The number of nitrogens with two attached hydrogens (primary N) is 1. The molecular formula is C11H23FN2. The number of halogens is 1. The molecule has 1 saturated heterocycles. The minimum Gasteiger partial charge on any atom is -0.327 e. The lowest BCUT2D eigenvalue weighted by Crippen LogP contribution is -2.58. The van der Waals surface area contributed by atoms with Gasteiger partial charge in [-0.15, -0.1) is 0 Å². The summed E-state index contributed by atoms with van der Waals surface area (Å²) in [6, 6.07) is -0.0590. The zero-order valence-corrected chi connectivity index (χ0v) is 9.52. The number of alkyl halides is 1. The van der Waals surface area contributed by atoms with Gasteiger partial charge in [0.2, 0.25) is 0 Å². The molecule has 1 heterocycles. The summed E-state index contributed by atoms with van der Waals surface area (Å²) in [6.07, 6.45) is 2.06. The fraction of sp³-hybridized carbons (Fsp3) is 1.00. The van der Waals surface area contributed by atoms with Crippen LogP contribution in [0, 0.1) is 11.8 Å². The molecule has 14 heavy (non-hydrogen) atoms. The molecule has 0 amide bonds. The third kappa shape index (κ3) is 2.26. The van der Waals surface area contributed by atoms with E-state index in [0.717, 1.165) is 19.4 Å². The molecule has 0 bridgehead atoms. The Morgan fingerprint density at radius 2 is 2.21 bits per heavy atom. The lowest BCUT2D eigenvalue weighted by molar-refractivity contribution is 0.0396. The average Bonchev–Trinajstić information content (AvgIpc) is 2.16. The Morgan fingerprint density at radius 1 is 1.57 bits per heavy atom. The number of rotatable bonds is 3. The minimum atomic E-state index is -1.24. The summed E-state index contributed by atoms with van der Waals surface area (Å²) in [5.41, 5.74) is 4.33. The van der Waals surface area contributed by atoms with Crippen LogP contribution in [0.25, 0.3) is 0 Å². The van der Waals surface area contributed by atoms with Gasteiger partial charge in [0.05, 0.1) is 0 Å². The van der Waals surface area contributed by atoms with Crippen LogP contribution in [0.3, 0.4) is 0 Å². The molecule has 1 aliphatic rings. The van der Waals surface area contributed by atoms with E-state index >= 15 is 0 Å². The van der Waals surface area contributed by atoms with Crippen LogP contribution in [-0.2, 0) is 0 Å². The van der Waals surface area contributed by atoms with Crippen molar-refractivity contribution in [3.63, 3.8) is 0 Å². The van der Waals surface area contributed by atoms with Crippen molar-refractivity contribution in [1.29, 1.82) is 0 Å². The van der Waals surface area contributed by atoms with E-state index in [1.165, 1.54) is 0 Å². The number of hydrogen-bond donors (Lipinski definition) is 2. The predicted octanol–water partition coefficient (Wildman–Crippen LogP) is 1.70. The molecule has 0 aliphatic carbocycles. The Labute approximate surface area is 86.4 Å². The molecule has 0 radical (unpaired) electrons. The summed E-state index contributed by atoms with van der Waals surface area (Å²) in [6.45, 7) is 7.05. The fourth-order valence-corrected chi connectivity index (χ4v) is 2.25. The first-order valence-corrected chi connectivity index (χ1v) is 5.63. The minimum absolute atomic E-state index is 0.0182. The molecule has 3 unspecified atom stereocenters. The maximum Gasteiger partial charge on any atom is 0.140 e. The second kappa shape index (κ2) is 4.58. The smallest absolute Gasteiger partial charge is 0.140 e. The molecule has 0 aromatic heterocycles. The van der Waals surface area contributed by atoms with E-state index in [9.17, 15) is 4.39 Å². The van der Waals surface area contributed by atoms with Crippen molar-refractivity contribution < 1.29 is 4.39 Å². The van der Waals surface area contributed by atoms with E-state index in [1.54, 1.807) is 0 Å². The standard InChI is InChI=1S/C11H23FN2/c1-8(2)11(12,7-13)10-6-9(3)4-5-14-10/h8-10,14H,4-7,13H2,1-3H3. The van der Waals surface area contributed by atoms with Crippen LogP contribution in [-0.4, -0.2) is 24.8 Å². The van der Waals surface area contributed by atoms with E-state index in [1.807, 2.05) is 13.8 Å². The van der Waals surface area contributed by atoms with E-state index < -0.39 is 5.67 Å². The Hall–Kier alpha value is -0.150. The van der Waals surface area contributed by atoms with E-state index in [2.05, 4.69) is 12.2 Å². The van der Waals surface area contributed by atoms with Crippen molar-refractivity contribution in [1.82, 2.24) is 5.32 Å². The molecule has 1 rings (SSSR count). The molecule has 3 heteroatoms. The van der Waals surface area contributed by atoms with Gasteiger partial charge in [-0.2, -0.15) is 0 Å².